The summed E-state index contributed by atoms with van der Waals surface area (Å²) in [6, 6.07) is 8.00. The summed E-state index contributed by atoms with van der Waals surface area (Å²) in [5, 5.41) is 0. The van der Waals surface area contributed by atoms with Gasteiger partial charge >= 0.3 is 5.69 Å². The van der Waals surface area contributed by atoms with Crippen molar-refractivity contribution in [2.45, 2.75) is 51.0 Å². The van der Waals surface area contributed by atoms with Crippen LogP contribution in [0.25, 0.3) is 0 Å². The van der Waals surface area contributed by atoms with Crippen molar-refractivity contribution in [2.24, 2.45) is 0 Å². The number of hydrogen-bond acceptors (Lipinski definition) is 5. The van der Waals surface area contributed by atoms with Gasteiger partial charge in [0.15, 0.2) is 5.78 Å². The second-order valence-electron chi connectivity index (χ2n) is 7.16. The largest absolute Gasteiger partial charge is 0.384 e. The van der Waals surface area contributed by atoms with E-state index in [2.05, 4.69) is 25.8 Å². The van der Waals surface area contributed by atoms with Gasteiger partial charge in [-0.15, -0.1) is 11.8 Å². The van der Waals surface area contributed by atoms with E-state index in [9.17, 15) is 14.4 Å². The van der Waals surface area contributed by atoms with Gasteiger partial charge in [0.2, 0.25) is 0 Å². The van der Waals surface area contributed by atoms with Crippen molar-refractivity contribution in [1.29, 1.82) is 0 Å². The number of anilines is 1. The first kappa shape index (κ1) is 20.0. The van der Waals surface area contributed by atoms with Crippen molar-refractivity contribution in [2.75, 3.05) is 11.5 Å². The molecular weight excluding hydrogens is 350 g/mol. The third-order valence-corrected chi connectivity index (χ3v) is 5.07. The Morgan fingerprint density at radius 2 is 1.81 bits per heavy atom. The van der Waals surface area contributed by atoms with E-state index in [1.165, 1.54) is 21.9 Å². The molecule has 0 atom stereocenters. The topological polar surface area (TPSA) is 97.9 Å². The molecule has 6 nitrogen and oxygen atoms in total. The summed E-state index contributed by atoms with van der Waals surface area (Å²) >= 11 is 1.34. The number of nitrogens with zero attached hydrogens (tertiary/aromatic N) is 1. The van der Waals surface area contributed by atoms with E-state index in [-0.39, 0.29) is 22.5 Å². The number of thioether (sulfide) groups is 1. The number of Topliss-reactive ketones (excluding diaryl/α,β-unsaturated/α-hetero) is 1. The molecule has 1 heterocycles. The van der Waals surface area contributed by atoms with E-state index >= 15 is 0 Å². The zero-order valence-corrected chi connectivity index (χ0v) is 16.4. The average Bonchev–Trinajstić information content (AvgIpc) is 2.56. The van der Waals surface area contributed by atoms with E-state index in [1.807, 2.05) is 31.2 Å². The first-order valence-electron chi connectivity index (χ1n) is 8.54. The van der Waals surface area contributed by atoms with Gasteiger partial charge in [-0.2, -0.15) is 0 Å². The average molecular weight is 375 g/mol. The molecule has 0 aliphatic heterocycles. The molecule has 1 aromatic carbocycles. The maximum Gasteiger partial charge on any atom is 0.329 e. The maximum atomic E-state index is 12.5. The van der Waals surface area contributed by atoms with Gasteiger partial charge in [0.05, 0.1) is 5.75 Å². The highest BCUT2D eigenvalue weighted by Crippen LogP contribution is 2.26. The summed E-state index contributed by atoms with van der Waals surface area (Å²) in [4.78, 5) is 39.5. The predicted octanol–water partition coefficient (Wildman–Crippen LogP) is 2.80. The molecule has 140 valence electrons. The Balaban J connectivity index is 2.19. The lowest BCUT2D eigenvalue weighted by molar-refractivity contribution is 0.102. The first-order valence-corrected chi connectivity index (χ1v) is 9.52. The van der Waals surface area contributed by atoms with Crippen molar-refractivity contribution >= 4 is 23.4 Å². The summed E-state index contributed by atoms with van der Waals surface area (Å²) < 4.78 is 1.23. The van der Waals surface area contributed by atoms with Gasteiger partial charge in [-0.25, -0.2) is 4.79 Å². The Morgan fingerprint density at radius 3 is 2.35 bits per heavy atom. The number of aromatic nitrogens is 2. The van der Waals surface area contributed by atoms with Crippen molar-refractivity contribution in [3.8, 4) is 0 Å². The Hall–Kier alpha value is -2.28. The quantitative estimate of drug-likeness (QED) is 0.598. The maximum absolute atomic E-state index is 12.5. The predicted molar refractivity (Wildman–Crippen MR) is 106 cm³/mol. The smallest absolute Gasteiger partial charge is 0.329 e. The summed E-state index contributed by atoms with van der Waals surface area (Å²) in [5.41, 5.74) is 5.74. The Bertz CT molecular complexity index is 906. The van der Waals surface area contributed by atoms with E-state index in [4.69, 9.17) is 5.73 Å². The van der Waals surface area contributed by atoms with Gasteiger partial charge < -0.3 is 5.73 Å². The monoisotopic (exact) mass is 375 g/mol. The molecule has 7 heteroatoms. The van der Waals surface area contributed by atoms with Crippen LogP contribution in [0.2, 0.25) is 0 Å². The van der Waals surface area contributed by atoms with Crippen LogP contribution in [0.3, 0.4) is 0 Å². The van der Waals surface area contributed by atoms with Crippen LogP contribution in [0, 0.1) is 0 Å². The van der Waals surface area contributed by atoms with Gasteiger partial charge in [0.1, 0.15) is 11.4 Å². The highest BCUT2D eigenvalue weighted by atomic mass is 32.2. The van der Waals surface area contributed by atoms with Gasteiger partial charge in [0, 0.05) is 11.4 Å². The summed E-state index contributed by atoms with van der Waals surface area (Å²) in [5.74, 6) is -0.375. The third kappa shape index (κ3) is 4.46. The summed E-state index contributed by atoms with van der Waals surface area (Å²) in [6.07, 6.45) is 0.665. The van der Waals surface area contributed by atoms with Crippen LogP contribution in [-0.2, 0) is 12.0 Å². The van der Waals surface area contributed by atoms with E-state index in [0.29, 0.717) is 13.0 Å². The molecule has 1 aromatic heterocycles. The normalized spacial score (nSPS) is 11.5. The number of benzene rings is 1. The molecule has 0 unspecified atom stereocenters. The number of nitrogens with one attached hydrogen (secondary N) is 1. The van der Waals surface area contributed by atoms with Gasteiger partial charge in [-0.3, -0.25) is 19.1 Å². The lowest BCUT2D eigenvalue weighted by Gasteiger charge is -2.19. The van der Waals surface area contributed by atoms with Gasteiger partial charge in [-0.05, 0) is 29.5 Å². The molecule has 0 saturated carbocycles. The van der Waals surface area contributed by atoms with E-state index < -0.39 is 17.0 Å². The van der Waals surface area contributed by atoms with Crippen molar-refractivity contribution in [3.05, 3.63) is 56.2 Å². The Morgan fingerprint density at radius 1 is 1.19 bits per heavy atom. The Kier molecular flexibility index (Phi) is 6.13. The number of H-pyrrole nitrogens is 1. The fourth-order valence-electron chi connectivity index (χ4n) is 2.58. The van der Waals surface area contributed by atoms with Gasteiger partial charge in [-0.1, -0.05) is 39.8 Å². The van der Waals surface area contributed by atoms with Crippen LogP contribution < -0.4 is 17.0 Å². The summed E-state index contributed by atoms with van der Waals surface area (Å²) in [6.45, 7) is 8.65. The fourth-order valence-corrected chi connectivity index (χ4v) is 3.35. The zero-order chi connectivity index (χ0) is 19.5. The molecule has 0 bridgehead atoms. The number of nitrogen functional groups attached to an aromatic ring is 1. The summed E-state index contributed by atoms with van der Waals surface area (Å²) in [7, 11) is 0. The van der Waals surface area contributed by atoms with Crippen LogP contribution in [0.1, 0.15) is 50.0 Å². The number of ketones is 1. The van der Waals surface area contributed by atoms with Gasteiger partial charge in [0.25, 0.3) is 5.56 Å². The molecular formula is C19H25N3O3S. The zero-order valence-electron chi connectivity index (χ0n) is 15.6. The van der Waals surface area contributed by atoms with Crippen LogP contribution in [-0.4, -0.2) is 21.1 Å². The molecule has 0 saturated heterocycles. The lowest BCUT2D eigenvalue weighted by atomic mass is 9.87. The first-order chi connectivity index (χ1) is 12.1. The van der Waals surface area contributed by atoms with E-state index in [0.717, 1.165) is 4.90 Å². The van der Waals surface area contributed by atoms with Crippen molar-refractivity contribution in [1.82, 2.24) is 9.55 Å². The molecule has 0 amide bonds. The molecule has 3 N–H and O–H groups in total. The molecule has 0 fully saturated rings. The second-order valence-corrected chi connectivity index (χ2v) is 8.21. The third-order valence-electron chi connectivity index (χ3n) is 4.06. The SMILES string of the molecule is CCCn1c(N)c(C(=O)CSc2ccc(C(C)(C)C)cc2)c(=O)[nH]c1=O. The highest BCUT2D eigenvalue weighted by molar-refractivity contribution is 8.00. The number of carbonyl (C=O) groups excluding carboxylic acids is 1. The Labute approximate surface area is 156 Å². The molecule has 0 radical (unpaired) electrons. The van der Waals surface area contributed by atoms with Crippen molar-refractivity contribution in [3.63, 3.8) is 0 Å². The number of nitrogens with two attached hydrogens (primary N) is 1. The molecule has 0 aliphatic carbocycles. The minimum atomic E-state index is -0.728. The van der Waals surface area contributed by atoms with Crippen LogP contribution >= 0.6 is 11.8 Å². The highest BCUT2D eigenvalue weighted by Gasteiger charge is 2.19. The molecule has 26 heavy (non-hydrogen) atoms. The van der Waals surface area contributed by atoms with Crippen molar-refractivity contribution < 1.29 is 4.79 Å². The number of rotatable bonds is 6. The van der Waals surface area contributed by atoms with Crippen LogP contribution in [0.5, 0.6) is 0 Å². The number of aromatic amines is 1. The van der Waals surface area contributed by atoms with Crippen LogP contribution in [0.4, 0.5) is 5.82 Å². The van der Waals surface area contributed by atoms with Crippen LogP contribution in [0.15, 0.2) is 38.8 Å². The fraction of sp³-hybridized carbons (Fsp3) is 0.421. The molecule has 0 spiro atoms. The minimum absolute atomic E-state index is 0.0609. The lowest BCUT2D eigenvalue weighted by Crippen LogP contribution is -2.36. The molecule has 2 rings (SSSR count). The number of carbonyl (C=O) groups is 1. The molecule has 2 aromatic rings. The van der Waals surface area contributed by atoms with E-state index in [1.54, 1.807) is 0 Å². The minimum Gasteiger partial charge on any atom is -0.384 e. The standard InChI is InChI=1S/C19H25N3O3S/c1-5-10-22-16(20)15(17(24)21-18(22)25)14(23)11-26-13-8-6-12(7-9-13)19(2,3)4/h6-9H,5,10-11,20H2,1-4H3,(H,21,24,25). The molecule has 0 aliphatic rings. The number of hydrogen-bond donors (Lipinski definition) is 2. The second kappa shape index (κ2) is 7.95.